The van der Waals surface area contributed by atoms with E-state index in [4.69, 9.17) is 5.11 Å². The predicted molar refractivity (Wildman–Crippen MR) is 99.4 cm³/mol. The van der Waals surface area contributed by atoms with Crippen molar-refractivity contribution in [2.75, 3.05) is 6.61 Å². The Balaban J connectivity index is 2.19. The maximum atomic E-state index is 8.80. The average Bonchev–Trinajstić information content (AvgIpc) is 2.96. The molecule has 0 amide bonds. The van der Waals surface area contributed by atoms with E-state index in [0.29, 0.717) is 12.1 Å². The largest absolute Gasteiger partial charge is 0.384 e. The Morgan fingerprint density at radius 3 is 2.87 bits per heavy atom. The van der Waals surface area contributed by atoms with Crippen molar-refractivity contribution in [2.24, 2.45) is 0 Å². The molecule has 0 saturated heterocycles. The van der Waals surface area contributed by atoms with Gasteiger partial charge < -0.3 is 5.11 Å². The highest BCUT2D eigenvalue weighted by Crippen LogP contribution is 2.29. The first kappa shape index (κ1) is 17.7. The SMILES string of the molecule is C=CC[C@H]1CC(C)=C[C@H](CC=C)N1Cc1cc(C#CCO)cs1. The van der Waals surface area contributed by atoms with Gasteiger partial charge in [0.1, 0.15) is 6.61 Å². The van der Waals surface area contributed by atoms with Gasteiger partial charge >= 0.3 is 0 Å². The van der Waals surface area contributed by atoms with Crippen LogP contribution in [-0.2, 0) is 6.54 Å². The fraction of sp³-hybridized carbons (Fsp3) is 0.400. The lowest BCUT2D eigenvalue weighted by atomic mass is 9.92. The van der Waals surface area contributed by atoms with E-state index in [-0.39, 0.29) is 6.61 Å². The first-order valence-corrected chi connectivity index (χ1v) is 8.87. The van der Waals surface area contributed by atoms with Crippen molar-refractivity contribution in [3.05, 3.63) is 58.8 Å². The third-order valence-electron chi connectivity index (χ3n) is 4.08. The Bertz CT molecular complexity index is 632. The molecule has 0 saturated carbocycles. The van der Waals surface area contributed by atoms with Gasteiger partial charge in [0.05, 0.1) is 0 Å². The quantitative estimate of drug-likeness (QED) is 0.627. The summed E-state index contributed by atoms with van der Waals surface area (Å²) < 4.78 is 0. The van der Waals surface area contributed by atoms with Gasteiger partial charge in [-0.1, -0.05) is 35.6 Å². The normalized spacial score (nSPS) is 21.2. The smallest absolute Gasteiger partial charge is 0.104 e. The number of nitrogens with zero attached hydrogens (tertiary/aromatic N) is 1. The van der Waals surface area contributed by atoms with Crippen LogP contribution in [0.1, 0.15) is 36.6 Å². The zero-order chi connectivity index (χ0) is 16.7. The Morgan fingerprint density at radius 2 is 2.17 bits per heavy atom. The Morgan fingerprint density at radius 1 is 1.39 bits per heavy atom. The van der Waals surface area contributed by atoms with Gasteiger partial charge in [0.15, 0.2) is 0 Å². The highest BCUT2D eigenvalue weighted by molar-refractivity contribution is 7.10. The van der Waals surface area contributed by atoms with Gasteiger partial charge in [-0.15, -0.1) is 24.5 Å². The first-order valence-electron chi connectivity index (χ1n) is 8.00. The lowest BCUT2D eigenvalue weighted by Crippen LogP contribution is -2.44. The molecule has 1 N–H and O–H groups in total. The average molecular weight is 327 g/mol. The first-order chi connectivity index (χ1) is 11.2. The molecule has 0 aliphatic carbocycles. The standard InChI is InChI=1S/C20H25NOS/c1-4-7-18-11-16(3)12-19(8-5-2)21(18)14-20-13-17(15-23-20)9-6-10-22/h4-5,11,13,15,18-19,22H,1-2,7-8,10,12,14H2,3H3/t18-,19-/m0/s1. The maximum Gasteiger partial charge on any atom is 0.104 e. The van der Waals surface area contributed by atoms with Crippen LogP contribution in [0.25, 0.3) is 0 Å². The maximum absolute atomic E-state index is 8.80. The van der Waals surface area contributed by atoms with Gasteiger partial charge in [-0.2, -0.15) is 0 Å². The molecule has 0 fully saturated rings. The van der Waals surface area contributed by atoms with Crippen molar-refractivity contribution in [2.45, 2.75) is 44.8 Å². The molecule has 2 rings (SSSR count). The lowest BCUT2D eigenvalue weighted by molar-refractivity contribution is 0.139. The van der Waals surface area contributed by atoms with Gasteiger partial charge in [0.2, 0.25) is 0 Å². The second kappa shape index (κ2) is 8.88. The van der Waals surface area contributed by atoms with Crippen LogP contribution in [0, 0.1) is 11.8 Å². The third kappa shape index (κ3) is 4.94. The van der Waals surface area contributed by atoms with E-state index < -0.39 is 0 Å². The van der Waals surface area contributed by atoms with E-state index in [1.807, 2.05) is 12.2 Å². The Kier molecular flexibility index (Phi) is 6.85. The molecule has 0 unspecified atom stereocenters. The van der Waals surface area contributed by atoms with Crippen LogP contribution in [-0.4, -0.2) is 28.7 Å². The molecule has 2 nitrogen and oxygen atoms in total. The summed E-state index contributed by atoms with van der Waals surface area (Å²) in [4.78, 5) is 3.87. The predicted octanol–water partition coefficient (Wildman–Crippen LogP) is 4.13. The van der Waals surface area contributed by atoms with Gasteiger partial charge in [-0.3, -0.25) is 4.90 Å². The van der Waals surface area contributed by atoms with Crippen molar-refractivity contribution >= 4 is 11.3 Å². The van der Waals surface area contributed by atoms with E-state index in [2.05, 4.69) is 54.3 Å². The van der Waals surface area contributed by atoms with Crippen molar-refractivity contribution < 1.29 is 5.11 Å². The fourth-order valence-electron chi connectivity index (χ4n) is 3.13. The van der Waals surface area contributed by atoms with Gasteiger partial charge in [-0.25, -0.2) is 0 Å². The number of aliphatic hydroxyl groups is 1. The second-order valence-electron chi connectivity index (χ2n) is 5.92. The highest BCUT2D eigenvalue weighted by atomic mass is 32.1. The molecule has 0 bridgehead atoms. The second-order valence-corrected chi connectivity index (χ2v) is 6.92. The topological polar surface area (TPSA) is 23.5 Å². The van der Waals surface area contributed by atoms with Crippen molar-refractivity contribution in [3.8, 4) is 11.8 Å². The summed E-state index contributed by atoms with van der Waals surface area (Å²) >= 11 is 1.74. The van der Waals surface area contributed by atoms with Crippen molar-refractivity contribution in [3.63, 3.8) is 0 Å². The van der Waals surface area contributed by atoms with Crippen molar-refractivity contribution in [1.29, 1.82) is 0 Å². The minimum atomic E-state index is -0.0931. The van der Waals surface area contributed by atoms with Crippen LogP contribution < -0.4 is 0 Å². The Labute approximate surface area is 143 Å². The molecule has 1 aromatic heterocycles. The molecule has 2 heterocycles. The summed E-state index contributed by atoms with van der Waals surface area (Å²) in [5.41, 5.74) is 2.45. The number of hydrogen-bond acceptors (Lipinski definition) is 3. The molecule has 2 atom stereocenters. The summed E-state index contributed by atoms with van der Waals surface area (Å²) in [6.07, 6.45) is 9.47. The van der Waals surface area contributed by atoms with E-state index in [0.717, 1.165) is 31.4 Å². The molecular weight excluding hydrogens is 302 g/mol. The minimum Gasteiger partial charge on any atom is -0.384 e. The molecular formula is C20H25NOS. The molecule has 122 valence electrons. The van der Waals surface area contributed by atoms with Crippen LogP contribution in [0.4, 0.5) is 0 Å². The van der Waals surface area contributed by atoms with Gasteiger partial charge in [0.25, 0.3) is 0 Å². The third-order valence-corrected chi connectivity index (χ3v) is 5.00. The lowest BCUT2D eigenvalue weighted by Gasteiger charge is -2.40. The number of aliphatic hydroxyl groups excluding tert-OH is 1. The van der Waals surface area contributed by atoms with Crippen LogP contribution in [0.5, 0.6) is 0 Å². The summed E-state index contributed by atoms with van der Waals surface area (Å²) in [7, 11) is 0. The van der Waals surface area contributed by atoms with E-state index in [9.17, 15) is 0 Å². The monoisotopic (exact) mass is 327 g/mol. The van der Waals surface area contributed by atoms with E-state index in [1.54, 1.807) is 11.3 Å². The summed E-state index contributed by atoms with van der Waals surface area (Å²) in [6.45, 7) is 10.9. The minimum absolute atomic E-state index is 0.0931. The van der Waals surface area contributed by atoms with Crippen LogP contribution in [0.3, 0.4) is 0 Å². The Hall–Kier alpha value is -1.60. The molecule has 3 heteroatoms. The molecule has 0 radical (unpaired) electrons. The molecule has 0 aromatic carbocycles. The van der Waals surface area contributed by atoms with Gasteiger partial charge in [-0.05, 0) is 32.3 Å². The number of hydrogen-bond donors (Lipinski definition) is 1. The number of thiophene rings is 1. The summed E-state index contributed by atoms with van der Waals surface area (Å²) in [6, 6.07) is 3.03. The molecule has 1 aromatic rings. The molecule has 0 spiro atoms. The molecule has 1 aliphatic heterocycles. The molecule has 23 heavy (non-hydrogen) atoms. The van der Waals surface area contributed by atoms with Crippen LogP contribution in [0.15, 0.2) is 48.4 Å². The van der Waals surface area contributed by atoms with E-state index in [1.165, 1.54) is 10.5 Å². The van der Waals surface area contributed by atoms with Gasteiger partial charge in [0, 0.05) is 34.4 Å². The zero-order valence-corrected chi connectivity index (χ0v) is 14.6. The fourth-order valence-corrected chi connectivity index (χ4v) is 3.96. The number of rotatable bonds is 6. The summed E-state index contributed by atoms with van der Waals surface area (Å²) in [5.74, 6) is 5.69. The van der Waals surface area contributed by atoms with Crippen molar-refractivity contribution in [1.82, 2.24) is 4.90 Å². The van der Waals surface area contributed by atoms with Crippen LogP contribution >= 0.6 is 11.3 Å². The molecule has 1 aliphatic rings. The van der Waals surface area contributed by atoms with Crippen LogP contribution in [0.2, 0.25) is 0 Å². The van der Waals surface area contributed by atoms with E-state index >= 15 is 0 Å². The summed E-state index contributed by atoms with van der Waals surface area (Å²) in [5, 5.41) is 10.9. The zero-order valence-electron chi connectivity index (χ0n) is 13.8. The highest BCUT2D eigenvalue weighted by Gasteiger charge is 2.28.